The van der Waals surface area contributed by atoms with Crippen LogP contribution in [0.5, 0.6) is 0 Å². The molecule has 0 heterocycles. The summed E-state index contributed by atoms with van der Waals surface area (Å²) >= 11 is 0. The maximum Gasteiger partial charge on any atom is 0.0540 e. The molecule has 0 aliphatic carbocycles. The number of fused-ring (bicyclic) bond motifs is 3. The molecule has 1 nitrogen and oxygen atoms in total. The number of para-hydroxylation sites is 1. The summed E-state index contributed by atoms with van der Waals surface area (Å²) in [5, 5.41) is 5.07. The van der Waals surface area contributed by atoms with Crippen molar-refractivity contribution in [2.75, 3.05) is 4.90 Å². The van der Waals surface area contributed by atoms with Gasteiger partial charge in [-0.25, -0.2) is 0 Å². The lowest BCUT2D eigenvalue weighted by molar-refractivity contribution is 1.28. The Balaban J connectivity index is 1.13. The number of anilines is 3. The second-order valence-corrected chi connectivity index (χ2v) is 14.5. The monoisotopic (exact) mass is 725 g/mol. The summed E-state index contributed by atoms with van der Waals surface area (Å²) in [4.78, 5) is 2.42. The lowest BCUT2D eigenvalue weighted by atomic mass is 9.93. The summed E-state index contributed by atoms with van der Waals surface area (Å²) in [5.74, 6) is 0. The van der Waals surface area contributed by atoms with Gasteiger partial charge in [-0.05, 0) is 102 Å². The predicted molar refractivity (Wildman–Crippen MR) is 243 cm³/mol. The van der Waals surface area contributed by atoms with Gasteiger partial charge in [-0.1, -0.05) is 206 Å². The van der Waals surface area contributed by atoms with Crippen molar-refractivity contribution in [3.8, 4) is 55.6 Å². The number of hydrogen-bond acceptors (Lipinski definition) is 1. The average Bonchev–Trinajstić information content (AvgIpc) is 3.30. The van der Waals surface area contributed by atoms with E-state index in [1.807, 2.05) is 0 Å². The van der Waals surface area contributed by atoms with Crippen LogP contribution in [-0.4, -0.2) is 0 Å². The van der Waals surface area contributed by atoms with E-state index in [9.17, 15) is 0 Å². The number of benzene rings is 10. The average molecular weight is 726 g/mol. The third-order valence-corrected chi connectivity index (χ3v) is 11.1. The van der Waals surface area contributed by atoms with Crippen molar-refractivity contribution in [2.45, 2.75) is 0 Å². The first kappa shape index (κ1) is 34.0. The molecule has 0 N–H and O–H groups in total. The van der Waals surface area contributed by atoms with Crippen LogP contribution in [0.4, 0.5) is 17.1 Å². The van der Waals surface area contributed by atoms with Gasteiger partial charge in [0, 0.05) is 16.9 Å². The molecule has 0 amide bonds. The van der Waals surface area contributed by atoms with Gasteiger partial charge >= 0.3 is 0 Å². The summed E-state index contributed by atoms with van der Waals surface area (Å²) in [5.41, 5.74) is 15.2. The van der Waals surface area contributed by atoms with E-state index in [0.717, 1.165) is 22.6 Å². The Bertz CT molecular complexity index is 2970. The molecule has 0 saturated carbocycles. The second-order valence-electron chi connectivity index (χ2n) is 14.5. The first-order chi connectivity index (χ1) is 28.3. The molecule has 0 radical (unpaired) electrons. The highest BCUT2D eigenvalue weighted by atomic mass is 15.1. The molecule has 0 spiro atoms. The molecule has 0 aromatic heterocycles. The third kappa shape index (κ3) is 6.56. The van der Waals surface area contributed by atoms with E-state index in [2.05, 4.69) is 241 Å². The fraction of sp³-hybridized carbons (Fsp3) is 0. The Hall–Kier alpha value is -7.48. The van der Waals surface area contributed by atoms with Crippen molar-refractivity contribution in [3.63, 3.8) is 0 Å². The van der Waals surface area contributed by atoms with Gasteiger partial charge in [-0.3, -0.25) is 0 Å². The predicted octanol–water partition coefficient (Wildman–Crippen LogP) is 15.8. The largest absolute Gasteiger partial charge is 0.310 e. The molecular formula is C56H39N. The Kier molecular flexibility index (Phi) is 8.95. The quantitative estimate of drug-likeness (QED) is 0.141. The highest BCUT2D eigenvalue weighted by molar-refractivity contribution is 6.12. The Labute approximate surface area is 334 Å². The number of nitrogens with zero attached hydrogens (tertiary/aromatic N) is 1. The molecule has 0 unspecified atom stereocenters. The molecule has 10 rings (SSSR count). The fourth-order valence-electron chi connectivity index (χ4n) is 8.29. The van der Waals surface area contributed by atoms with Gasteiger partial charge in [0.25, 0.3) is 0 Å². The molecule has 10 aromatic carbocycles. The van der Waals surface area contributed by atoms with E-state index in [1.54, 1.807) is 0 Å². The van der Waals surface area contributed by atoms with Crippen molar-refractivity contribution >= 4 is 38.6 Å². The van der Waals surface area contributed by atoms with Gasteiger partial charge in [0.05, 0.1) is 5.69 Å². The smallest absolute Gasteiger partial charge is 0.0540 e. The molecule has 10 aromatic rings. The lowest BCUT2D eigenvalue weighted by Crippen LogP contribution is -2.11. The van der Waals surface area contributed by atoms with Gasteiger partial charge in [0.15, 0.2) is 0 Å². The molecule has 57 heavy (non-hydrogen) atoms. The fourth-order valence-corrected chi connectivity index (χ4v) is 8.29. The molecule has 0 atom stereocenters. The number of rotatable bonds is 8. The standard InChI is InChI=1S/C56H39N/c1-4-15-40(16-5-1)41-27-29-46(30-28-41)52-23-12-13-26-56(52)57(48-36-38-51(42-17-6-2-7-18-42)55(39-48)43-19-8-3-9-20-43)47-34-31-45(32-35-47)50-24-14-25-53-49-22-11-10-21-44(49)33-37-54(50)53/h1-39H. The van der Waals surface area contributed by atoms with Crippen LogP contribution in [-0.2, 0) is 0 Å². The van der Waals surface area contributed by atoms with Crippen LogP contribution in [0.25, 0.3) is 77.2 Å². The van der Waals surface area contributed by atoms with Crippen LogP contribution >= 0.6 is 0 Å². The van der Waals surface area contributed by atoms with Crippen molar-refractivity contribution in [1.82, 2.24) is 0 Å². The molecular weight excluding hydrogens is 687 g/mol. The molecule has 0 aliphatic heterocycles. The van der Waals surface area contributed by atoms with E-state index >= 15 is 0 Å². The van der Waals surface area contributed by atoms with Crippen molar-refractivity contribution in [1.29, 1.82) is 0 Å². The first-order valence-electron chi connectivity index (χ1n) is 19.6. The van der Waals surface area contributed by atoms with E-state index in [4.69, 9.17) is 0 Å². The van der Waals surface area contributed by atoms with Gasteiger partial charge in [0.1, 0.15) is 0 Å². The molecule has 0 saturated heterocycles. The number of hydrogen-bond donors (Lipinski definition) is 0. The van der Waals surface area contributed by atoms with Crippen LogP contribution in [0, 0.1) is 0 Å². The molecule has 0 bridgehead atoms. The highest BCUT2D eigenvalue weighted by Gasteiger charge is 2.20. The van der Waals surface area contributed by atoms with Gasteiger partial charge in [-0.2, -0.15) is 0 Å². The van der Waals surface area contributed by atoms with Gasteiger partial charge in [-0.15, -0.1) is 0 Å². The van der Waals surface area contributed by atoms with Crippen LogP contribution < -0.4 is 4.90 Å². The van der Waals surface area contributed by atoms with Crippen LogP contribution in [0.3, 0.4) is 0 Å². The van der Waals surface area contributed by atoms with Crippen molar-refractivity contribution < 1.29 is 0 Å². The van der Waals surface area contributed by atoms with Crippen LogP contribution in [0.15, 0.2) is 237 Å². The summed E-state index contributed by atoms with van der Waals surface area (Å²) < 4.78 is 0. The van der Waals surface area contributed by atoms with E-state index < -0.39 is 0 Å². The minimum Gasteiger partial charge on any atom is -0.310 e. The minimum absolute atomic E-state index is 1.09. The molecule has 0 aliphatic rings. The maximum atomic E-state index is 2.42. The summed E-state index contributed by atoms with van der Waals surface area (Å²) in [7, 11) is 0. The zero-order valence-corrected chi connectivity index (χ0v) is 31.5. The lowest BCUT2D eigenvalue weighted by Gasteiger charge is -2.29. The Morgan fingerprint density at radius 2 is 0.719 bits per heavy atom. The first-order valence-corrected chi connectivity index (χ1v) is 19.6. The molecule has 0 fully saturated rings. The summed E-state index contributed by atoms with van der Waals surface area (Å²) in [6.07, 6.45) is 0. The van der Waals surface area contributed by atoms with Crippen LogP contribution in [0.2, 0.25) is 0 Å². The van der Waals surface area contributed by atoms with E-state index in [1.165, 1.54) is 71.6 Å². The minimum atomic E-state index is 1.09. The zero-order valence-electron chi connectivity index (χ0n) is 31.5. The van der Waals surface area contributed by atoms with Crippen LogP contribution in [0.1, 0.15) is 0 Å². The normalized spacial score (nSPS) is 11.2. The van der Waals surface area contributed by atoms with Crippen molar-refractivity contribution in [2.24, 2.45) is 0 Å². The Morgan fingerprint density at radius 1 is 0.228 bits per heavy atom. The van der Waals surface area contributed by atoms with E-state index in [0.29, 0.717) is 0 Å². The summed E-state index contributed by atoms with van der Waals surface area (Å²) in [6, 6.07) is 85.6. The van der Waals surface area contributed by atoms with Gasteiger partial charge in [0.2, 0.25) is 0 Å². The Morgan fingerprint density at radius 3 is 1.46 bits per heavy atom. The molecule has 1 heteroatoms. The SMILES string of the molecule is c1ccc(-c2ccc(-c3ccccc3N(c3ccc(-c4cccc5c4ccc4ccccc45)cc3)c3ccc(-c4ccccc4)c(-c4ccccc4)c3)cc2)cc1. The molecule has 268 valence electrons. The maximum absolute atomic E-state index is 2.42. The van der Waals surface area contributed by atoms with Crippen molar-refractivity contribution in [3.05, 3.63) is 237 Å². The third-order valence-electron chi connectivity index (χ3n) is 11.1. The highest BCUT2D eigenvalue weighted by Crippen LogP contribution is 2.45. The van der Waals surface area contributed by atoms with E-state index in [-0.39, 0.29) is 0 Å². The zero-order chi connectivity index (χ0) is 38.0. The topological polar surface area (TPSA) is 3.24 Å². The second kappa shape index (κ2) is 15.0. The van der Waals surface area contributed by atoms with Gasteiger partial charge < -0.3 is 4.90 Å². The summed E-state index contributed by atoms with van der Waals surface area (Å²) in [6.45, 7) is 0.